The standard InChI is InChI=1S/C15H16N2O/c1-2-6-13(7-3-1)18-15-9-5-4-8-14(15)17-12-10-16-11-12/h1-9,12,16-17H,10-11H2. The zero-order valence-corrected chi connectivity index (χ0v) is 10.1. The fourth-order valence-electron chi connectivity index (χ4n) is 1.90. The van der Waals surface area contributed by atoms with Crippen molar-refractivity contribution in [1.82, 2.24) is 5.32 Å². The van der Waals surface area contributed by atoms with Crippen LogP contribution in [0.2, 0.25) is 0 Å². The number of anilines is 1. The summed E-state index contributed by atoms with van der Waals surface area (Å²) in [5, 5.41) is 6.73. The minimum absolute atomic E-state index is 0.505. The topological polar surface area (TPSA) is 33.3 Å². The van der Waals surface area contributed by atoms with E-state index in [0.717, 1.165) is 30.3 Å². The minimum atomic E-state index is 0.505. The van der Waals surface area contributed by atoms with Crippen LogP contribution >= 0.6 is 0 Å². The van der Waals surface area contributed by atoms with Gasteiger partial charge in [0.25, 0.3) is 0 Å². The highest BCUT2D eigenvalue weighted by molar-refractivity contribution is 5.58. The second-order valence-corrected chi connectivity index (χ2v) is 4.41. The molecule has 0 spiro atoms. The molecule has 3 nitrogen and oxygen atoms in total. The predicted molar refractivity (Wildman–Crippen MR) is 73.2 cm³/mol. The molecule has 3 rings (SSSR count). The number of hydrogen-bond donors (Lipinski definition) is 2. The molecule has 0 amide bonds. The van der Waals surface area contributed by atoms with Crippen LogP contribution in [0, 0.1) is 0 Å². The highest BCUT2D eigenvalue weighted by Gasteiger charge is 2.17. The largest absolute Gasteiger partial charge is 0.455 e. The number of rotatable bonds is 4. The Hall–Kier alpha value is -2.00. The number of ether oxygens (including phenoxy) is 1. The number of nitrogens with one attached hydrogen (secondary N) is 2. The Labute approximate surface area is 107 Å². The van der Waals surface area contributed by atoms with Crippen molar-refractivity contribution >= 4 is 5.69 Å². The number of hydrogen-bond acceptors (Lipinski definition) is 3. The Morgan fingerprint density at radius 1 is 0.944 bits per heavy atom. The van der Waals surface area contributed by atoms with Gasteiger partial charge in [0.05, 0.1) is 11.7 Å². The Morgan fingerprint density at radius 3 is 2.39 bits per heavy atom. The first-order chi connectivity index (χ1) is 8.92. The molecule has 2 aromatic carbocycles. The minimum Gasteiger partial charge on any atom is -0.455 e. The first-order valence-electron chi connectivity index (χ1n) is 6.21. The van der Waals surface area contributed by atoms with Gasteiger partial charge in [0.1, 0.15) is 5.75 Å². The van der Waals surface area contributed by atoms with E-state index in [1.54, 1.807) is 0 Å². The van der Waals surface area contributed by atoms with Gasteiger partial charge < -0.3 is 15.4 Å². The van der Waals surface area contributed by atoms with E-state index in [0.29, 0.717) is 6.04 Å². The molecule has 1 aliphatic heterocycles. The lowest BCUT2D eigenvalue weighted by molar-refractivity contribution is 0.461. The van der Waals surface area contributed by atoms with Gasteiger partial charge in [-0.3, -0.25) is 0 Å². The van der Waals surface area contributed by atoms with Crippen LogP contribution in [0.15, 0.2) is 54.6 Å². The fourth-order valence-corrected chi connectivity index (χ4v) is 1.90. The van der Waals surface area contributed by atoms with Gasteiger partial charge in [-0.05, 0) is 24.3 Å². The van der Waals surface area contributed by atoms with E-state index in [1.165, 1.54) is 0 Å². The molecule has 18 heavy (non-hydrogen) atoms. The van der Waals surface area contributed by atoms with E-state index >= 15 is 0 Å². The Morgan fingerprint density at radius 2 is 1.67 bits per heavy atom. The smallest absolute Gasteiger partial charge is 0.150 e. The van der Waals surface area contributed by atoms with E-state index in [-0.39, 0.29) is 0 Å². The summed E-state index contributed by atoms with van der Waals surface area (Å²) in [6, 6.07) is 18.4. The number of para-hydroxylation sites is 3. The normalized spacial score (nSPS) is 14.9. The van der Waals surface area contributed by atoms with Gasteiger partial charge in [0, 0.05) is 13.1 Å². The molecule has 1 aliphatic rings. The molecule has 1 saturated heterocycles. The zero-order chi connectivity index (χ0) is 12.2. The monoisotopic (exact) mass is 240 g/mol. The third-order valence-electron chi connectivity index (χ3n) is 3.00. The van der Waals surface area contributed by atoms with Gasteiger partial charge in [-0.25, -0.2) is 0 Å². The van der Waals surface area contributed by atoms with Gasteiger partial charge in [-0.1, -0.05) is 30.3 Å². The molecule has 2 aromatic rings. The van der Waals surface area contributed by atoms with Crippen LogP contribution < -0.4 is 15.4 Å². The van der Waals surface area contributed by atoms with E-state index in [1.807, 2.05) is 48.5 Å². The molecule has 0 unspecified atom stereocenters. The molecule has 3 heteroatoms. The lowest BCUT2D eigenvalue weighted by atomic mass is 10.1. The summed E-state index contributed by atoms with van der Waals surface area (Å²) < 4.78 is 5.90. The van der Waals surface area contributed by atoms with Gasteiger partial charge in [0.15, 0.2) is 5.75 Å². The van der Waals surface area contributed by atoms with Crippen molar-refractivity contribution < 1.29 is 4.74 Å². The van der Waals surface area contributed by atoms with Crippen LogP contribution in [-0.2, 0) is 0 Å². The molecular formula is C15H16N2O. The van der Waals surface area contributed by atoms with Crippen LogP contribution in [0.5, 0.6) is 11.5 Å². The zero-order valence-electron chi connectivity index (χ0n) is 10.1. The maximum absolute atomic E-state index is 5.90. The van der Waals surface area contributed by atoms with Crippen molar-refractivity contribution in [2.75, 3.05) is 18.4 Å². The maximum Gasteiger partial charge on any atom is 0.150 e. The summed E-state index contributed by atoms with van der Waals surface area (Å²) in [7, 11) is 0. The molecule has 1 fully saturated rings. The third-order valence-corrected chi connectivity index (χ3v) is 3.00. The molecule has 92 valence electrons. The molecule has 1 heterocycles. The van der Waals surface area contributed by atoms with Gasteiger partial charge >= 0.3 is 0 Å². The number of benzene rings is 2. The van der Waals surface area contributed by atoms with Crippen molar-refractivity contribution in [3.8, 4) is 11.5 Å². The summed E-state index contributed by atoms with van der Waals surface area (Å²) in [6.45, 7) is 2.03. The molecular weight excluding hydrogens is 224 g/mol. The van der Waals surface area contributed by atoms with Crippen LogP contribution in [0.4, 0.5) is 5.69 Å². The van der Waals surface area contributed by atoms with Crippen LogP contribution in [0.1, 0.15) is 0 Å². The molecule has 0 atom stereocenters. The van der Waals surface area contributed by atoms with Gasteiger partial charge in [-0.2, -0.15) is 0 Å². The van der Waals surface area contributed by atoms with Crippen LogP contribution in [0.25, 0.3) is 0 Å². The molecule has 0 saturated carbocycles. The van der Waals surface area contributed by atoms with Crippen molar-refractivity contribution in [1.29, 1.82) is 0 Å². The van der Waals surface area contributed by atoms with Crippen molar-refractivity contribution in [2.24, 2.45) is 0 Å². The van der Waals surface area contributed by atoms with Crippen LogP contribution in [-0.4, -0.2) is 19.1 Å². The summed E-state index contributed by atoms with van der Waals surface area (Å²) in [6.07, 6.45) is 0. The molecule has 0 radical (unpaired) electrons. The first kappa shape index (κ1) is 11.1. The van der Waals surface area contributed by atoms with E-state index in [2.05, 4.69) is 16.7 Å². The molecule has 0 bridgehead atoms. The maximum atomic E-state index is 5.90. The van der Waals surface area contributed by atoms with Crippen molar-refractivity contribution in [3.63, 3.8) is 0 Å². The summed E-state index contributed by atoms with van der Waals surface area (Å²) in [5.41, 5.74) is 1.05. The second kappa shape index (κ2) is 5.10. The SMILES string of the molecule is c1ccc(Oc2ccccc2NC2CNC2)cc1. The average Bonchev–Trinajstić information content (AvgIpc) is 2.37. The lowest BCUT2D eigenvalue weighted by Crippen LogP contribution is -2.51. The van der Waals surface area contributed by atoms with E-state index < -0.39 is 0 Å². The van der Waals surface area contributed by atoms with E-state index in [4.69, 9.17) is 4.74 Å². The average molecular weight is 240 g/mol. The Kier molecular flexibility index (Phi) is 3.15. The summed E-state index contributed by atoms with van der Waals surface area (Å²) >= 11 is 0. The Balaban J connectivity index is 1.78. The third kappa shape index (κ3) is 2.46. The molecule has 0 aliphatic carbocycles. The second-order valence-electron chi connectivity index (χ2n) is 4.41. The van der Waals surface area contributed by atoms with Gasteiger partial charge in [0.2, 0.25) is 0 Å². The predicted octanol–water partition coefficient (Wildman–Crippen LogP) is 2.86. The first-order valence-corrected chi connectivity index (χ1v) is 6.21. The fraction of sp³-hybridized carbons (Fsp3) is 0.200. The summed E-state index contributed by atoms with van der Waals surface area (Å²) in [5.74, 6) is 1.73. The van der Waals surface area contributed by atoms with Crippen molar-refractivity contribution in [3.05, 3.63) is 54.6 Å². The highest BCUT2D eigenvalue weighted by atomic mass is 16.5. The van der Waals surface area contributed by atoms with Crippen molar-refractivity contribution in [2.45, 2.75) is 6.04 Å². The lowest BCUT2D eigenvalue weighted by Gasteiger charge is -2.29. The summed E-state index contributed by atoms with van der Waals surface area (Å²) in [4.78, 5) is 0. The quantitative estimate of drug-likeness (QED) is 0.862. The van der Waals surface area contributed by atoms with E-state index in [9.17, 15) is 0 Å². The highest BCUT2D eigenvalue weighted by Crippen LogP contribution is 2.29. The molecule has 0 aromatic heterocycles. The Bertz CT molecular complexity index is 509. The molecule has 2 N–H and O–H groups in total. The van der Waals surface area contributed by atoms with Crippen LogP contribution in [0.3, 0.4) is 0 Å². The van der Waals surface area contributed by atoms with Gasteiger partial charge in [-0.15, -0.1) is 0 Å².